The molecule has 0 heterocycles. The van der Waals surface area contributed by atoms with Gasteiger partial charge in [0.1, 0.15) is 23.1 Å². The van der Waals surface area contributed by atoms with Gasteiger partial charge in [0.25, 0.3) is 5.91 Å². The van der Waals surface area contributed by atoms with Gasteiger partial charge in [-0.1, -0.05) is 18.2 Å². The summed E-state index contributed by atoms with van der Waals surface area (Å²) in [5.74, 6) is 1.09. The molecule has 0 aliphatic heterocycles. The van der Waals surface area contributed by atoms with E-state index in [1.165, 1.54) is 0 Å². The quantitative estimate of drug-likeness (QED) is 0.417. The van der Waals surface area contributed by atoms with Gasteiger partial charge in [-0.15, -0.1) is 0 Å². The van der Waals surface area contributed by atoms with E-state index < -0.39 is 5.91 Å². The minimum Gasteiger partial charge on any atom is -0.497 e. The Bertz CT molecular complexity index is 824. The minimum atomic E-state index is -0.413. The zero-order valence-corrected chi connectivity index (χ0v) is 16.0. The number of benzene rings is 2. The van der Waals surface area contributed by atoms with Gasteiger partial charge in [-0.2, -0.15) is 5.26 Å². The molecular formula is C19H17IN2O3. The molecule has 0 radical (unpaired) electrons. The Hall–Kier alpha value is -2.53. The van der Waals surface area contributed by atoms with Crippen LogP contribution in [0, 0.1) is 14.9 Å². The van der Waals surface area contributed by atoms with Gasteiger partial charge in [-0.05, 0) is 64.1 Å². The van der Waals surface area contributed by atoms with Crippen molar-refractivity contribution in [2.24, 2.45) is 0 Å². The molecular weight excluding hydrogens is 431 g/mol. The van der Waals surface area contributed by atoms with Gasteiger partial charge in [-0.25, -0.2) is 0 Å². The summed E-state index contributed by atoms with van der Waals surface area (Å²) < 4.78 is 11.2. The predicted molar refractivity (Wildman–Crippen MR) is 104 cm³/mol. The van der Waals surface area contributed by atoms with Crippen LogP contribution in [0.4, 0.5) is 0 Å². The fourth-order valence-corrected chi connectivity index (χ4v) is 2.87. The maximum atomic E-state index is 12.2. The summed E-state index contributed by atoms with van der Waals surface area (Å²) in [5, 5.41) is 12.0. The Morgan fingerprint density at radius 3 is 2.48 bits per heavy atom. The van der Waals surface area contributed by atoms with E-state index >= 15 is 0 Å². The monoisotopic (exact) mass is 448 g/mol. The number of ether oxygens (including phenoxy) is 2. The topological polar surface area (TPSA) is 71.3 Å². The Morgan fingerprint density at radius 2 is 1.92 bits per heavy atom. The molecule has 0 saturated carbocycles. The van der Waals surface area contributed by atoms with E-state index in [9.17, 15) is 10.1 Å². The summed E-state index contributed by atoms with van der Waals surface area (Å²) in [4.78, 5) is 12.2. The molecule has 1 N–H and O–H groups in total. The van der Waals surface area contributed by atoms with Crippen molar-refractivity contribution in [1.29, 1.82) is 5.26 Å². The van der Waals surface area contributed by atoms with Crippen LogP contribution in [0.3, 0.4) is 0 Å². The van der Waals surface area contributed by atoms with E-state index in [0.29, 0.717) is 6.54 Å². The summed E-state index contributed by atoms with van der Waals surface area (Å²) >= 11 is 2.14. The number of nitrogens with zero attached hydrogens (tertiary/aromatic N) is 1. The first-order valence-corrected chi connectivity index (χ1v) is 8.51. The third-order valence-electron chi connectivity index (χ3n) is 3.46. The molecule has 0 aliphatic carbocycles. The fraction of sp³-hybridized carbons (Fsp3) is 0.158. The molecule has 2 aromatic carbocycles. The second kappa shape index (κ2) is 9.08. The number of nitriles is 1. The Balaban J connectivity index is 2.07. The molecule has 25 heavy (non-hydrogen) atoms. The van der Waals surface area contributed by atoms with Crippen LogP contribution in [0.25, 0.3) is 6.08 Å². The zero-order chi connectivity index (χ0) is 18.2. The smallest absolute Gasteiger partial charge is 0.262 e. The third-order valence-corrected chi connectivity index (χ3v) is 4.31. The van der Waals surface area contributed by atoms with E-state index in [0.717, 1.165) is 26.2 Å². The first-order valence-electron chi connectivity index (χ1n) is 7.44. The Kier molecular flexibility index (Phi) is 6.83. The van der Waals surface area contributed by atoms with Crippen molar-refractivity contribution < 1.29 is 14.3 Å². The first kappa shape index (κ1) is 18.8. The SMILES string of the molecule is COc1ccc(CNC(=O)/C(C#N)=C\c2ccc(OC)c(I)c2)cc1. The second-order valence-electron chi connectivity index (χ2n) is 5.09. The van der Waals surface area contributed by atoms with Crippen molar-refractivity contribution in [2.75, 3.05) is 14.2 Å². The summed E-state index contributed by atoms with van der Waals surface area (Å²) in [7, 11) is 3.20. The molecule has 128 valence electrons. The molecule has 0 aliphatic rings. The summed E-state index contributed by atoms with van der Waals surface area (Å²) in [5.41, 5.74) is 1.74. The van der Waals surface area contributed by atoms with Crippen molar-refractivity contribution >= 4 is 34.6 Å². The lowest BCUT2D eigenvalue weighted by Crippen LogP contribution is -2.23. The Morgan fingerprint density at radius 1 is 1.20 bits per heavy atom. The van der Waals surface area contributed by atoms with Gasteiger partial charge in [0.05, 0.1) is 17.8 Å². The normalized spacial score (nSPS) is 10.7. The van der Waals surface area contributed by atoms with Gasteiger partial charge in [0.15, 0.2) is 0 Å². The number of halogens is 1. The number of hydrogen-bond acceptors (Lipinski definition) is 4. The molecule has 0 aromatic heterocycles. The highest BCUT2D eigenvalue weighted by Gasteiger charge is 2.09. The molecule has 0 bridgehead atoms. The van der Waals surface area contributed by atoms with Crippen molar-refractivity contribution in [1.82, 2.24) is 5.32 Å². The van der Waals surface area contributed by atoms with Gasteiger partial charge in [-0.3, -0.25) is 4.79 Å². The molecule has 0 spiro atoms. The maximum absolute atomic E-state index is 12.2. The molecule has 2 aromatic rings. The molecule has 0 atom stereocenters. The number of methoxy groups -OCH3 is 2. The van der Waals surface area contributed by atoms with Gasteiger partial charge in [0, 0.05) is 6.54 Å². The molecule has 6 heteroatoms. The predicted octanol–water partition coefficient (Wildman–Crippen LogP) is 3.53. The van der Waals surface area contributed by atoms with Crippen LogP contribution in [0.2, 0.25) is 0 Å². The van der Waals surface area contributed by atoms with E-state index in [4.69, 9.17) is 9.47 Å². The van der Waals surface area contributed by atoms with E-state index in [1.807, 2.05) is 36.4 Å². The van der Waals surface area contributed by atoms with Gasteiger partial charge in [0.2, 0.25) is 0 Å². The molecule has 0 saturated heterocycles. The van der Waals surface area contributed by atoms with E-state index in [-0.39, 0.29) is 5.57 Å². The van der Waals surface area contributed by atoms with Crippen molar-refractivity contribution in [3.63, 3.8) is 0 Å². The lowest BCUT2D eigenvalue weighted by Gasteiger charge is -2.06. The van der Waals surface area contributed by atoms with Gasteiger partial charge >= 0.3 is 0 Å². The van der Waals surface area contributed by atoms with Crippen LogP contribution >= 0.6 is 22.6 Å². The van der Waals surface area contributed by atoms with Crippen LogP contribution < -0.4 is 14.8 Å². The molecule has 0 fully saturated rings. The lowest BCUT2D eigenvalue weighted by molar-refractivity contribution is -0.117. The summed E-state index contributed by atoms with van der Waals surface area (Å²) in [6.07, 6.45) is 1.56. The van der Waals surface area contributed by atoms with Crippen molar-refractivity contribution in [3.05, 3.63) is 62.7 Å². The number of rotatable bonds is 6. The summed E-state index contributed by atoms with van der Waals surface area (Å²) in [6, 6.07) is 14.8. The van der Waals surface area contributed by atoms with E-state index in [2.05, 4.69) is 27.9 Å². The lowest BCUT2D eigenvalue weighted by atomic mass is 10.1. The fourth-order valence-electron chi connectivity index (χ4n) is 2.11. The van der Waals surface area contributed by atoms with Crippen LogP contribution in [0.1, 0.15) is 11.1 Å². The van der Waals surface area contributed by atoms with Crippen molar-refractivity contribution in [3.8, 4) is 17.6 Å². The average Bonchev–Trinajstić information content (AvgIpc) is 2.64. The average molecular weight is 448 g/mol. The third kappa shape index (κ3) is 5.22. The molecule has 0 unspecified atom stereocenters. The van der Waals surface area contributed by atoms with Crippen molar-refractivity contribution in [2.45, 2.75) is 6.54 Å². The highest BCUT2D eigenvalue weighted by Crippen LogP contribution is 2.22. The summed E-state index contributed by atoms with van der Waals surface area (Å²) in [6.45, 7) is 0.335. The van der Waals surface area contributed by atoms with Crippen LogP contribution in [-0.4, -0.2) is 20.1 Å². The largest absolute Gasteiger partial charge is 0.497 e. The number of carbonyl (C=O) groups excluding carboxylic acids is 1. The number of nitrogens with one attached hydrogen (secondary N) is 1. The van der Waals surface area contributed by atoms with E-state index in [1.54, 1.807) is 32.4 Å². The van der Waals surface area contributed by atoms with Crippen LogP contribution in [0.15, 0.2) is 48.0 Å². The van der Waals surface area contributed by atoms with Crippen LogP contribution in [0.5, 0.6) is 11.5 Å². The standard InChI is InChI=1S/C19H17IN2O3/c1-24-16-6-3-13(4-7-16)12-22-19(23)15(11-21)9-14-5-8-18(25-2)17(20)10-14/h3-10H,12H2,1-2H3,(H,22,23)/b15-9-. The number of amides is 1. The Labute approximate surface area is 160 Å². The zero-order valence-electron chi connectivity index (χ0n) is 13.9. The second-order valence-corrected chi connectivity index (χ2v) is 6.26. The number of hydrogen-bond donors (Lipinski definition) is 1. The highest BCUT2D eigenvalue weighted by atomic mass is 127. The molecule has 1 amide bonds. The first-order chi connectivity index (χ1) is 12.1. The highest BCUT2D eigenvalue weighted by molar-refractivity contribution is 14.1. The molecule has 5 nitrogen and oxygen atoms in total. The maximum Gasteiger partial charge on any atom is 0.262 e. The minimum absolute atomic E-state index is 0.0504. The van der Waals surface area contributed by atoms with Gasteiger partial charge < -0.3 is 14.8 Å². The number of carbonyl (C=O) groups is 1. The molecule has 2 rings (SSSR count). The van der Waals surface area contributed by atoms with Crippen LogP contribution in [-0.2, 0) is 11.3 Å².